The predicted octanol–water partition coefficient (Wildman–Crippen LogP) is 3.51. The van der Waals surface area contributed by atoms with Crippen LogP contribution in [-0.2, 0) is 9.53 Å². The number of morpholine rings is 1. The molecule has 0 aliphatic carbocycles. The minimum Gasteiger partial charge on any atom is -0.378 e. The second kappa shape index (κ2) is 9.34. The van der Waals surface area contributed by atoms with Gasteiger partial charge in [-0.25, -0.2) is 14.8 Å². The number of nitrogens with zero attached hydrogens (tertiary/aromatic N) is 3. The van der Waals surface area contributed by atoms with Crippen LogP contribution in [0.3, 0.4) is 0 Å². The van der Waals surface area contributed by atoms with Crippen molar-refractivity contribution in [2.24, 2.45) is 5.10 Å². The number of halogens is 1. The number of hydrogen-bond donors (Lipinski definition) is 1. The minimum atomic E-state index is -0.312. The fraction of sp³-hybridized carbons (Fsp3) is 0.250. The highest BCUT2D eigenvalue weighted by molar-refractivity contribution is 8.01. The van der Waals surface area contributed by atoms with Gasteiger partial charge in [-0.1, -0.05) is 30.0 Å². The van der Waals surface area contributed by atoms with E-state index in [2.05, 4.69) is 15.5 Å². The second-order valence-corrected chi connectivity index (χ2v) is 8.59. The van der Waals surface area contributed by atoms with Crippen molar-refractivity contribution >= 4 is 51.1 Å². The quantitative estimate of drug-likeness (QED) is 0.368. The molecule has 1 aliphatic heterocycles. The van der Waals surface area contributed by atoms with Crippen LogP contribution < -0.4 is 10.3 Å². The Bertz CT molecular complexity index is 1000. The summed E-state index contributed by atoms with van der Waals surface area (Å²) in [6.45, 7) is 2.55. The summed E-state index contributed by atoms with van der Waals surface area (Å²) in [6.07, 6.45) is 1.44. The number of rotatable bonds is 6. The molecule has 0 bridgehead atoms. The van der Waals surface area contributed by atoms with E-state index in [9.17, 15) is 9.18 Å². The molecule has 2 aromatic carbocycles. The Hall–Kier alpha value is -2.49. The van der Waals surface area contributed by atoms with Crippen molar-refractivity contribution in [2.45, 2.75) is 4.34 Å². The summed E-state index contributed by atoms with van der Waals surface area (Å²) in [5, 5.41) is 3.92. The third kappa shape index (κ3) is 5.11. The van der Waals surface area contributed by atoms with E-state index < -0.39 is 0 Å². The summed E-state index contributed by atoms with van der Waals surface area (Å²) in [5.74, 6) is -0.342. The number of carbonyl (C=O) groups excluding carboxylic acids is 1. The van der Waals surface area contributed by atoms with Crippen LogP contribution >= 0.6 is 23.1 Å². The van der Waals surface area contributed by atoms with Gasteiger partial charge in [0.15, 0.2) is 4.34 Å². The first kappa shape index (κ1) is 19.8. The number of nitrogens with one attached hydrogen (secondary N) is 1. The molecule has 3 aromatic rings. The zero-order valence-corrected chi connectivity index (χ0v) is 17.1. The topological polar surface area (TPSA) is 66.8 Å². The molecule has 1 amide bonds. The molecule has 0 unspecified atom stereocenters. The molecule has 2 heterocycles. The van der Waals surface area contributed by atoms with Crippen molar-refractivity contribution in [1.29, 1.82) is 0 Å². The lowest BCUT2D eigenvalue weighted by Gasteiger charge is -2.29. The molecule has 1 aliphatic rings. The molecule has 0 atom stereocenters. The highest BCUT2D eigenvalue weighted by Gasteiger charge is 2.15. The van der Waals surface area contributed by atoms with Gasteiger partial charge in [-0.3, -0.25) is 4.79 Å². The summed E-state index contributed by atoms with van der Waals surface area (Å²) in [7, 11) is 0. The fourth-order valence-corrected chi connectivity index (χ4v) is 4.78. The Kier molecular flexibility index (Phi) is 6.38. The molecule has 0 spiro atoms. The largest absolute Gasteiger partial charge is 0.378 e. The van der Waals surface area contributed by atoms with Crippen LogP contribution in [0.5, 0.6) is 0 Å². The number of anilines is 1. The van der Waals surface area contributed by atoms with E-state index in [0.717, 1.165) is 14.6 Å². The molecular weight excluding hydrogens is 411 g/mol. The van der Waals surface area contributed by atoms with Gasteiger partial charge >= 0.3 is 0 Å². The van der Waals surface area contributed by atoms with E-state index in [0.29, 0.717) is 37.6 Å². The molecule has 0 saturated carbocycles. The number of thioether (sulfide) groups is 1. The number of benzene rings is 2. The predicted molar refractivity (Wildman–Crippen MR) is 116 cm³/mol. The van der Waals surface area contributed by atoms with Gasteiger partial charge in [0.05, 0.1) is 41.1 Å². The lowest BCUT2D eigenvalue weighted by molar-refractivity contribution is -0.118. The highest BCUT2D eigenvalue weighted by Crippen LogP contribution is 2.29. The van der Waals surface area contributed by atoms with Crippen LogP contribution in [0.2, 0.25) is 0 Å². The van der Waals surface area contributed by atoms with Gasteiger partial charge in [-0.15, -0.1) is 11.3 Å². The SMILES string of the molecule is O=C(CSc1nc2ccccc2s1)N/N=C/c1ccc(N2CCOCC2)c(F)c1. The number of thiazole rings is 1. The number of ether oxygens (including phenoxy) is 1. The number of carbonyl (C=O) groups is 1. The average molecular weight is 431 g/mol. The Morgan fingerprint density at radius 1 is 1.31 bits per heavy atom. The normalized spacial score (nSPS) is 14.6. The number of aromatic nitrogens is 1. The third-order valence-corrected chi connectivity index (χ3v) is 6.51. The molecular formula is C20H19FN4O2S2. The average Bonchev–Trinajstić information content (AvgIpc) is 3.16. The van der Waals surface area contributed by atoms with Gasteiger partial charge in [0.2, 0.25) is 0 Å². The minimum absolute atomic E-state index is 0.210. The molecule has 4 rings (SSSR count). The first-order valence-electron chi connectivity index (χ1n) is 9.11. The van der Waals surface area contributed by atoms with E-state index in [4.69, 9.17) is 4.74 Å². The number of hydrogen-bond acceptors (Lipinski definition) is 7. The van der Waals surface area contributed by atoms with Gasteiger partial charge in [-0.2, -0.15) is 5.10 Å². The summed E-state index contributed by atoms with van der Waals surface area (Å²) >= 11 is 2.92. The maximum Gasteiger partial charge on any atom is 0.250 e. The Labute approximate surface area is 175 Å². The number of amides is 1. The fourth-order valence-electron chi connectivity index (χ4n) is 2.92. The van der Waals surface area contributed by atoms with Crippen molar-refractivity contribution in [3.8, 4) is 0 Å². The molecule has 150 valence electrons. The van der Waals surface area contributed by atoms with Crippen molar-refractivity contribution in [3.63, 3.8) is 0 Å². The second-order valence-electron chi connectivity index (χ2n) is 6.34. The van der Waals surface area contributed by atoms with E-state index in [1.54, 1.807) is 23.5 Å². The smallest absolute Gasteiger partial charge is 0.250 e. The van der Waals surface area contributed by atoms with Crippen LogP contribution in [0.25, 0.3) is 10.2 Å². The van der Waals surface area contributed by atoms with E-state index in [1.165, 1.54) is 24.0 Å². The van der Waals surface area contributed by atoms with Gasteiger partial charge in [0.25, 0.3) is 5.91 Å². The molecule has 9 heteroatoms. The first-order valence-corrected chi connectivity index (χ1v) is 10.9. The van der Waals surface area contributed by atoms with Gasteiger partial charge < -0.3 is 9.64 Å². The molecule has 1 aromatic heterocycles. The lowest BCUT2D eigenvalue weighted by atomic mass is 10.2. The summed E-state index contributed by atoms with van der Waals surface area (Å²) in [4.78, 5) is 18.4. The highest BCUT2D eigenvalue weighted by atomic mass is 32.2. The molecule has 0 radical (unpaired) electrons. The van der Waals surface area contributed by atoms with Crippen LogP contribution in [0.4, 0.5) is 10.1 Å². The van der Waals surface area contributed by atoms with E-state index in [1.807, 2.05) is 29.2 Å². The monoisotopic (exact) mass is 430 g/mol. The summed E-state index contributed by atoms with van der Waals surface area (Å²) < 4.78 is 21.6. The first-order chi connectivity index (χ1) is 14.2. The van der Waals surface area contributed by atoms with E-state index >= 15 is 0 Å². The Morgan fingerprint density at radius 2 is 2.14 bits per heavy atom. The van der Waals surface area contributed by atoms with Crippen molar-refractivity contribution in [2.75, 3.05) is 37.0 Å². The zero-order chi connectivity index (χ0) is 20.1. The molecule has 6 nitrogen and oxygen atoms in total. The standard InChI is InChI=1S/C20H19FN4O2S2/c21-15-11-14(5-6-17(15)25-7-9-27-10-8-25)12-22-24-19(26)13-28-20-23-16-3-1-2-4-18(16)29-20/h1-6,11-12H,7-10,13H2,(H,24,26)/b22-12+. The zero-order valence-electron chi connectivity index (χ0n) is 15.5. The molecule has 29 heavy (non-hydrogen) atoms. The van der Waals surface area contributed by atoms with Crippen molar-refractivity contribution in [1.82, 2.24) is 10.4 Å². The maximum absolute atomic E-state index is 14.4. The molecule has 1 fully saturated rings. The van der Waals surface area contributed by atoms with Crippen LogP contribution in [0.15, 0.2) is 51.9 Å². The van der Waals surface area contributed by atoms with Crippen LogP contribution in [-0.4, -0.2) is 49.2 Å². The van der Waals surface area contributed by atoms with E-state index in [-0.39, 0.29) is 17.5 Å². The molecule has 1 N–H and O–H groups in total. The van der Waals surface area contributed by atoms with Crippen LogP contribution in [0.1, 0.15) is 5.56 Å². The van der Waals surface area contributed by atoms with Gasteiger partial charge in [0, 0.05) is 13.1 Å². The Morgan fingerprint density at radius 3 is 2.93 bits per heavy atom. The summed E-state index contributed by atoms with van der Waals surface area (Å²) in [5.41, 5.74) is 4.54. The maximum atomic E-state index is 14.4. The third-order valence-electron chi connectivity index (χ3n) is 4.33. The van der Waals surface area contributed by atoms with Crippen LogP contribution in [0, 0.1) is 5.82 Å². The number of para-hydroxylation sites is 1. The molecule has 1 saturated heterocycles. The van der Waals surface area contributed by atoms with Crippen molar-refractivity contribution in [3.05, 3.63) is 53.8 Å². The van der Waals surface area contributed by atoms with Gasteiger partial charge in [0.1, 0.15) is 5.82 Å². The number of fused-ring (bicyclic) bond motifs is 1. The lowest BCUT2D eigenvalue weighted by Crippen LogP contribution is -2.36. The van der Waals surface area contributed by atoms with Gasteiger partial charge in [-0.05, 0) is 29.8 Å². The van der Waals surface area contributed by atoms with Crippen molar-refractivity contribution < 1.29 is 13.9 Å². The number of hydrazone groups is 1. The Balaban J connectivity index is 1.28. The summed E-state index contributed by atoms with van der Waals surface area (Å²) in [6, 6.07) is 12.8.